The summed E-state index contributed by atoms with van der Waals surface area (Å²) in [6, 6.07) is 7.98. The minimum atomic E-state index is -3.17. The Labute approximate surface area is 108 Å². The van der Waals surface area contributed by atoms with Crippen molar-refractivity contribution < 1.29 is 13.7 Å². The summed E-state index contributed by atoms with van der Waals surface area (Å²) in [5, 5.41) is 2.32. The Bertz CT molecular complexity index is 562. The summed E-state index contributed by atoms with van der Waals surface area (Å²) in [6.45, 7) is 2.80. The maximum atomic E-state index is 11.9. The van der Waals surface area contributed by atoms with Crippen LogP contribution in [-0.2, 0) is 15.4 Å². The number of para-hydroxylation sites is 1. The minimum absolute atomic E-state index is 0.0500. The number of rotatable bonds is 1. The molecule has 0 atom stereocenters. The van der Waals surface area contributed by atoms with E-state index in [1.54, 1.807) is 4.31 Å². The maximum absolute atomic E-state index is 11.9. The third-order valence-corrected chi connectivity index (χ3v) is 5.37. The third-order valence-electron chi connectivity index (χ3n) is 4.24. The van der Waals surface area contributed by atoms with Gasteiger partial charge in [-0.15, -0.1) is 0 Å². The van der Waals surface area contributed by atoms with Crippen LogP contribution < -0.4 is 9.62 Å². The molecule has 0 amide bonds. The number of quaternary nitrogens is 1. The molecule has 2 aliphatic heterocycles. The molecule has 2 aliphatic rings. The topological polar surface area (TPSA) is 54.0 Å². The molecule has 1 saturated heterocycles. The van der Waals surface area contributed by atoms with Crippen molar-refractivity contribution in [1.82, 2.24) is 0 Å². The molecule has 1 spiro atoms. The number of piperidine rings is 1. The Hall–Kier alpha value is -1.07. The summed E-state index contributed by atoms with van der Waals surface area (Å²) in [7, 11) is -3.17. The molecule has 2 N–H and O–H groups in total. The van der Waals surface area contributed by atoms with Crippen LogP contribution in [0.5, 0.6) is 0 Å². The average Bonchev–Trinajstić information content (AvgIpc) is 2.66. The quantitative estimate of drug-likeness (QED) is 0.782. The zero-order valence-corrected chi connectivity index (χ0v) is 11.4. The number of nitrogens with zero attached hydrogens (tertiary/aromatic N) is 1. The molecule has 0 radical (unpaired) electrons. The van der Waals surface area contributed by atoms with Crippen molar-refractivity contribution in [2.45, 2.75) is 18.3 Å². The van der Waals surface area contributed by atoms with Crippen LogP contribution in [-0.4, -0.2) is 34.3 Å². The van der Waals surface area contributed by atoms with Gasteiger partial charge in [-0.1, -0.05) is 18.2 Å². The van der Waals surface area contributed by atoms with E-state index >= 15 is 0 Å². The maximum Gasteiger partial charge on any atom is 0.232 e. The standard InChI is InChI=1S/C13H18N2O2S/c1-18(16,17)15-10-13(6-8-14-9-7-13)11-4-2-3-5-12(11)15/h2-5,14H,6-10H2,1H3/p+1. The molecular formula is C13H19N2O2S+. The molecule has 4 nitrogen and oxygen atoms in total. The lowest BCUT2D eigenvalue weighted by Gasteiger charge is -2.32. The molecule has 1 aromatic rings. The van der Waals surface area contributed by atoms with Crippen molar-refractivity contribution in [3.8, 4) is 0 Å². The lowest BCUT2D eigenvalue weighted by atomic mass is 9.75. The molecule has 3 rings (SSSR count). The van der Waals surface area contributed by atoms with Crippen LogP contribution in [0.25, 0.3) is 0 Å². The van der Waals surface area contributed by atoms with E-state index in [9.17, 15) is 8.42 Å². The van der Waals surface area contributed by atoms with E-state index in [0.717, 1.165) is 31.6 Å². The molecule has 98 valence electrons. The fourth-order valence-electron chi connectivity index (χ4n) is 3.33. The van der Waals surface area contributed by atoms with Crippen LogP contribution in [0.3, 0.4) is 0 Å². The Morgan fingerprint density at radius 2 is 1.89 bits per heavy atom. The SMILES string of the molecule is CS(=O)(=O)N1CC2(CC[NH2+]CC2)c2ccccc21. The summed E-state index contributed by atoms with van der Waals surface area (Å²) >= 11 is 0. The monoisotopic (exact) mass is 267 g/mol. The van der Waals surface area contributed by atoms with Crippen molar-refractivity contribution in [2.75, 3.05) is 30.2 Å². The van der Waals surface area contributed by atoms with E-state index in [0.29, 0.717) is 6.54 Å². The van der Waals surface area contributed by atoms with Crippen LogP contribution in [0.4, 0.5) is 5.69 Å². The Morgan fingerprint density at radius 3 is 2.56 bits per heavy atom. The lowest BCUT2D eigenvalue weighted by molar-refractivity contribution is -0.665. The smallest absolute Gasteiger partial charge is 0.232 e. The van der Waals surface area contributed by atoms with Crippen LogP contribution in [0.15, 0.2) is 24.3 Å². The second kappa shape index (κ2) is 3.96. The number of hydrogen-bond acceptors (Lipinski definition) is 2. The molecule has 0 aliphatic carbocycles. The molecule has 0 bridgehead atoms. The predicted octanol–water partition coefficient (Wildman–Crippen LogP) is 0.0612. The van der Waals surface area contributed by atoms with Gasteiger partial charge in [0.05, 0.1) is 25.0 Å². The zero-order valence-electron chi connectivity index (χ0n) is 10.6. The summed E-state index contributed by atoms with van der Waals surface area (Å²) in [5.41, 5.74) is 2.17. The van der Waals surface area contributed by atoms with Crippen LogP contribution in [0.2, 0.25) is 0 Å². The van der Waals surface area contributed by atoms with E-state index in [1.165, 1.54) is 11.8 Å². The highest BCUT2D eigenvalue weighted by molar-refractivity contribution is 7.92. The van der Waals surface area contributed by atoms with Crippen molar-refractivity contribution >= 4 is 15.7 Å². The molecule has 0 aromatic heterocycles. The lowest BCUT2D eigenvalue weighted by Crippen LogP contribution is -2.87. The van der Waals surface area contributed by atoms with Gasteiger partial charge in [0.25, 0.3) is 0 Å². The van der Waals surface area contributed by atoms with Crippen molar-refractivity contribution in [3.05, 3.63) is 29.8 Å². The third kappa shape index (κ3) is 1.73. The number of nitrogens with two attached hydrogens (primary N) is 1. The summed E-state index contributed by atoms with van der Waals surface area (Å²) < 4.78 is 25.5. The average molecular weight is 267 g/mol. The van der Waals surface area contributed by atoms with Crippen molar-refractivity contribution in [1.29, 1.82) is 0 Å². The summed E-state index contributed by atoms with van der Waals surface area (Å²) in [5.74, 6) is 0. The van der Waals surface area contributed by atoms with E-state index in [4.69, 9.17) is 0 Å². The van der Waals surface area contributed by atoms with Gasteiger partial charge in [0.1, 0.15) is 0 Å². The highest BCUT2D eigenvalue weighted by atomic mass is 32.2. The van der Waals surface area contributed by atoms with Gasteiger partial charge in [0.2, 0.25) is 10.0 Å². The predicted molar refractivity (Wildman–Crippen MR) is 71.2 cm³/mol. The molecule has 0 unspecified atom stereocenters. The van der Waals surface area contributed by atoms with Crippen LogP contribution >= 0.6 is 0 Å². The highest BCUT2D eigenvalue weighted by Gasteiger charge is 2.46. The number of benzene rings is 1. The van der Waals surface area contributed by atoms with Gasteiger partial charge < -0.3 is 5.32 Å². The van der Waals surface area contributed by atoms with Gasteiger partial charge in [-0.3, -0.25) is 4.31 Å². The first-order chi connectivity index (χ1) is 8.53. The number of hydrogen-bond donors (Lipinski definition) is 1. The highest BCUT2D eigenvalue weighted by Crippen LogP contribution is 2.46. The first kappa shape index (κ1) is 12.0. The molecule has 0 saturated carbocycles. The zero-order chi connectivity index (χ0) is 12.8. The van der Waals surface area contributed by atoms with Gasteiger partial charge in [-0.2, -0.15) is 0 Å². The first-order valence-electron chi connectivity index (χ1n) is 6.42. The Kier molecular flexibility index (Phi) is 2.64. The normalized spacial score (nSPS) is 22.2. The van der Waals surface area contributed by atoms with Crippen LogP contribution in [0.1, 0.15) is 18.4 Å². The van der Waals surface area contributed by atoms with E-state index < -0.39 is 10.0 Å². The molecule has 1 fully saturated rings. The second-order valence-corrected chi connectivity index (χ2v) is 7.34. The largest absolute Gasteiger partial charge is 0.346 e. The molecule has 1 aromatic carbocycles. The summed E-state index contributed by atoms with van der Waals surface area (Å²) in [4.78, 5) is 0. The minimum Gasteiger partial charge on any atom is -0.346 e. The molecule has 18 heavy (non-hydrogen) atoms. The number of fused-ring (bicyclic) bond motifs is 2. The first-order valence-corrected chi connectivity index (χ1v) is 8.27. The van der Waals surface area contributed by atoms with Gasteiger partial charge in [0, 0.05) is 24.8 Å². The van der Waals surface area contributed by atoms with E-state index in [2.05, 4.69) is 11.4 Å². The van der Waals surface area contributed by atoms with Crippen molar-refractivity contribution in [2.24, 2.45) is 0 Å². The molecular weight excluding hydrogens is 248 g/mol. The Balaban J connectivity index is 2.12. The van der Waals surface area contributed by atoms with Gasteiger partial charge >= 0.3 is 0 Å². The van der Waals surface area contributed by atoms with E-state index in [-0.39, 0.29) is 5.41 Å². The van der Waals surface area contributed by atoms with Gasteiger partial charge in [-0.25, -0.2) is 8.42 Å². The Morgan fingerprint density at radius 1 is 1.22 bits per heavy atom. The van der Waals surface area contributed by atoms with Crippen LogP contribution in [0, 0.1) is 0 Å². The van der Waals surface area contributed by atoms with Gasteiger partial charge in [-0.05, 0) is 11.6 Å². The fourth-order valence-corrected chi connectivity index (χ4v) is 4.33. The second-order valence-electron chi connectivity index (χ2n) is 5.43. The van der Waals surface area contributed by atoms with E-state index in [1.807, 2.05) is 18.2 Å². The number of sulfonamides is 1. The van der Waals surface area contributed by atoms with Crippen molar-refractivity contribution in [3.63, 3.8) is 0 Å². The molecule has 2 heterocycles. The number of anilines is 1. The van der Waals surface area contributed by atoms with Gasteiger partial charge in [0.15, 0.2) is 0 Å². The summed E-state index contributed by atoms with van der Waals surface area (Å²) in [6.07, 6.45) is 3.43. The fraction of sp³-hybridized carbons (Fsp3) is 0.538. The molecule has 5 heteroatoms.